The van der Waals surface area contributed by atoms with E-state index >= 15 is 4.39 Å². The number of aromatic nitrogens is 4. The van der Waals surface area contributed by atoms with Gasteiger partial charge in [-0.15, -0.1) is 0 Å². The molecule has 0 saturated carbocycles. The number of ether oxygens (including phenoxy) is 1. The Hall–Kier alpha value is -3.03. The van der Waals surface area contributed by atoms with Crippen molar-refractivity contribution in [2.75, 3.05) is 0 Å². The first-order valence-electron chi connectivity index (χ1n) is 8.96. The van der Waals surface area contributed by atoms with Crippen LogP contribution in [0.4, 0.5) is 4.39 Å². The molecule has 1 aromatic carbocycles. The van der Waals surface area contributed by atoms with E-state index in [1.807, 2.05) is 6.92 Å². The summed E-state index contributed by atoms with van der Waals surface area (Å²) >= 11 is 11.9. The van der Waals surface area contributed by atoms with Gasteiger partial charge in [-0.2, -0.15) is 5.10 Å². The first-order chi connectivity index (χ1) is 14.4. The van der Waals surface area contributed by atoms with Gasteiger partial charge >= 0.3 is 0 Å². The maximum atomic E-state index is 15.0. The lowest BCUT2D eigenvalue weighted by atomic mass is 10.0. The van der Waals surface area contributed by atoms with Crippen LogP contribution in [0.1, 0.15) is 27.3 Å². The topological polar surface area (TPSA) is 80.8 Å². The van der Waals surface area contributed by atoms with Gasteiger partial charge in [0.05, 0.1) is 21.3 Å². The van der Waals surface area contributed by atoms with Crippen molar-refractivity contribution >= 4 is 40.0 Å². The Kier molecular flexibility index (Phi) is 5.65. The summed E-state index contributed by atoms with van der Waals surface area (Å²) in [6, 6.07) is 7.95. The highest BCUT2D eigenvalue weighted by Crippen LogP contribution is 2.29. The van der Waals surface area contributed by atoms with E-state index in [9.17, 15) is 4.79 Å². The highest BCUT2D eigenvalue weighted by Gasteiger charge is 2.21. The maximum absolute atomic E-state index is 15.0. The van der Waals surface area contributed by atoms with E-state index in [2.05, 4.69) is 20.2 Å². The third kappa shape index (κ3) is 4.13. The third-order valence-corrected chi connectivity index (χ3v) is 5.06. The Morgan fingerprint density at radius 1 is 1.17 bits per heavy atom. The summed E-state index contributed by atoms with van der Waals surface area (Å²) in [6.07, 6.45) is 2.95. The van der Waals surface area contributed by atoms with Crippen LogP contribution in [0.3, 0.4) is 0 Å². The van der Waals surface area contributed by atoms with Crippen molar-refractivity contribution in [2.45, 2.75) is 20.0 Å². The number of aryl methyl sites for hydroxylation is 1. The van der Waals surface area contributed by atoms with Gasteiger partial charge in [0.15, 0.2) is 23.0 Å². The number of nitrogens with one attached hydrogen (secondary N) is 1. The van der Waals surface area contributed by atoms with E-state index in [0.717, 1.165) is 11.1 Å². The monoisotopic (exact) mass is 444 g/mol. The van der Waals surface area contributed by atoms with Crippen LogP contribution in [0, 0.1) is 12.7 Å². The van der Waals surface area contributed by atoms with Crippen LogP contribution < -0.4 is 4.74 Å². The second-order valence-corrected chi connectivity index (χ2v) is 7.50. The van der Waals surface area contributed by atoms with E-state index in [1.54, 1.807) is 24.4 Å². The highest BCUT2D eigenvalue weighted by atomic mass is 35.5. The Labute approximate surface area is 181 Å². The first-order valence-corrected chi connectivity index (χ1v) is 9.72. The van der Waals surface area contributed by atoms with Gasteiger partial charge in [0.2, 0.25) is 0 Å². The second kappa shape index (κ2) is 8.38. The minimum absolute atomic E-state index is 0.0167. The van der Waals surface area contributed by atoms with Crippen LogP contribution in [-0.4, -0.2) is 25.9 Å². The quantitative estimate of drug-likeness (QED) is 0.417. The number of aromatic amines is 1. The zero-order valence-electron chi connectivity index (χ0n) is 15.7. The number of carbonyl (C=O) groups is 1. The van der Waals surface area contributed by atoms with Crippen molar-refractivity contribution in [3.05, 3.63) is 81.1 Å². The first kappa shape index (κ1) is 20.3. The van der Waals surface area contributed by atoms with E-state index in [4.69, 9.17) is 27.9 Å². The molecule has 3 heterocycles. The molecule has 6 nitrogen and oxygen atoms in total. The van der Waals surface area contributed by atoms with Crippen LogP contribution >= 0.6 is 23.2 Å². The van der Waals surface area contributed by atoms with E-state index in [1.165, 1.54) is 18.3 Å². The predicted molar refractivity (Wildman–Crippen MR) is 112 cm³/mol. The normalized spacial score (nSPS) is 11.1. The lowest BCUT2D eigenvalue weighted by Crippen LogP contribution is -2.09. The molecule has 0 saturated heterocycles. The molecule has 3 aromatic heterocycles. The van der Waals surface area contributed by atoms with Crippen molar-refractivity contribution < 1.29 is 13.9 Å². The number of pyridine rings is 2. The van der Waals surface area contributed by atoms with E-state index < -0.39 is 11.6 Å². The van der Waals surface area contributed by atoms with Gasteiger partial charge in [0.25, 0.3) is 0 Å². The van der Waals surface area contributed by atoms with Crippen LogP contribution in [0.5, 0.6) is 5.75 Å². The molecule has 0 atom stereocenters. The summed E-state index contributed by atoms with van der Waals surface area (Å²) < 4.78 is 20.5. The second-order valence-electron chi connectivity index (χ2n) is 6.65. The molecule has 9 heteroatoms. The molecule has 0 radical (unpaired) electrons. The molecule has 4 rings (SSSR count). The van der Waals surface area contributed by atoms with Crippen LogP contribution in [0.2, 0.25) is 10.0 Å². The Morgan fingerprint density at radius 2 is 2.00 bits per heavy atom. The fourth-order valence-electron chi connectivity index (χ4n) is 2.98. The molecule has 30 heavy (non-hydrogen) atoms. The molecule has 0 fully saturated rings. The molecule has 0 aliphatic heterocycles. The SMILES string of the molecule is Cc1[nH]nc2ncc(CC(=O)c3c(Cl)ccc(OCc4ccc(Cl)cn4)c3F)cc12. The summed E-state index contributed by atoms with van der Waals surface area (Å²) in [5.41, 5.74) is 2.37. The average molecular weight is 445 g/mol. The van der Waals surface area contributed by atoms with Crippen molar-refractivity contribution in [3.63, 3.8) is 0 Å². The summed E-state index contributed by atoms with van der Waals surface area (Å²) in [6.45, 7) is 1.87. The summed E-state index contributed by atoms with van der Waals surface area (Å²) in [5.74, 6) is -1.37. The Bertz CT molecular complexity index is 1240. The van der Waals surface area contributed by atoms with Crippen LogP contribution in [-0.2, 0) is 13.0 Å². The minimum Gasteiger partial charge on any atom is -0.484 e. The summed E-state index contributed by atoms with van der Waals surface area (Å²) in [7, 11) is 0. The molecule has 1 N–H and O–H groups in total. The number of Topliss-reactive ketones (excluding diaryl/α,β-unsaturated/α-hetero) is 1. The summed E-state index contributed by atoms with van der Waals surface area (Å²) in [4.78, 5) is 21.1. The molecule has 4 aromatic rings. The van der Waals surface area contributed by atoms with Gasteiger partial charge in [0.1, 0.15) is 6.61 Å². The number of hydrogen-bond donors (Lipinski definition) is 1. The zero-order valence-corrected chi connectivity index (χ0v) is 17.3. The predicted octanol–water partition coefficient (Wildman–Crippen LogP) is 5.11. The molecule has 0 bridgehead atoms. The molecule has 0 aliphatic carbocycles. The van der Waals surface area contributed by atoms with Gasteiger partial charge in [-0.3, -0.25) is 14.9 Å². The number of carbonyl (C=O) groups excluding carboxylic acids is 1. The van der Waals surface area contributed by atoms with Crippen molar-refractivity contribution in [2.24, 2.45) is 0 Å². The maximum Gasteiger partial charge on any atom is 0.181 e. The largest absolute Gasteiger partial charge is 0.484 e. The molecule has 0 amide bonds. The van der Waals surface area contributed by atoms with Gasteiger partial charge < -0.3 is 4.74 Å². The molecule has 0 aliphatic rings. The highest BCUT2D eigenvalue weighted by molar-refractivity contribution is 6.34. The van der Waals surface area contributed by atoms with E-state index in [0.29, 0.717) is 21.9 Å². The van der Waals surface area contributed by atoms with Gasteiger partial charge in [-0.1, -0.05) is 23.2 Å². The van der Waals surface area contributed by atoms with Crippen molar-refractivity contribution in [3.8, 4) is 5.75 Å². The number of rotatable bonds is 6. The number of H-pyrrole nitrogens is 1. The van der Waals surface area contributed by atoms with Crippen molar-refractivity contribution in [1.29, 1.82) is 0 Å². The zero-order chi connectivity index (χ0) is 21.3. The smallest absolute Gasteiger partial charge is 0.181 e. The van der Waals surface area contributed by atoms with Crippen molar-refractivity contribution in [1.82, 2.24) is 20.2 Å². The lowest BCUT2D eigenvalue weighted by molar-refractivity contribution is 0.0988. The van der Waals surface area contributed by atoms with Gasteiger partial charge in [-0.25, -0.2) is 9.37 Å². The number of fused-ring (bicyclic) bond motifs is 1. The minimum atomic E-state index is -0.810. The molecule has 0 spiro atoms. The van der Waals surface area contributed by atoms with Gasteiger partial charge in [-0.05, 0) is 42.8 Å². The number of hydrogen-bond acceptors (Lipinski definition) is 5. The Balaban J connectivity index is 1.56. The summed E-state index contributed by atoms with van der Waals surface area (Å²) in [5, 5.41) is 8.20. The third-order valence-electron chi connectivity index (χ3n) is 4.52. The number of benzene rings is 1. The molecule has 152 valence electrons. The van der Waals surface area contributed by atoms with Gasteiger partial charge in [0, 0.05) is 29.9 Å². The van der Waals surface area contributed by atoms with E-state index in [-0.39, 0.29) is 29.4 Å². The number of halogens is 3. The average Bonchev–Trinajstić information content (AvgIpc) is 3.09. The molecule has 0 unspecified atom stereocenters. The number of ketones is 1. The lowest BCUT2D eigenvalue weighted by Gasteiger charge is -2.11. The number of nitrogens with zero attached hydrogens (tertiary/aromatic N) is 3. The molecular weight excluding hydrogens is 430 g/mol. The standard InChI is InChI=1S/C21H15Cl2FN4O2/c1-11-15-6-12(8-26-21(15)28-27-11)7-17(29)19-16(23)4-5-18(20(19)24)30-10-14-3-2-13(22)9-25-14/h2-6,8-9H,7,10H2,1H3,(H,26,27,28). The Morgan fingerprint density at radius 3 is 2.77 bits per heavy atom. The van der Waals surface area contributed by atoms with Crippen LogP contribution in [0.25, 0.3) is 11.0 Å². The fourth-order valence-corrected chi connectivity index (χ4v) is 3.34. The molecular formula is C21H15Cl2FN4O2. The fraction of sp³-hybridized carbons (Fsp3) is 0.143. The van der Waals surface area contributed by atoms with Crippen LogP contribution in [0.15, 0.2) is 42.7 Å².